The number of rotatable bonds is 4. The predicted octanol–water partition coefficient (Wildman–Crippen LogP) is 2.87. The molecule has 1 fully saturated rings. The van der Waals surface area contributed by atoms with Crippen molar-refractivity contribution in [3.05, 3.63) is 23.1 Å². The second-order valence-corrected chi connectivity index (χ2v) is 6.65. The van der Waals surface area contributed by atoms with Crippen LogP contribution >= 0.6 is 23.7 Å². The number of nitrogens with one attached hydrogen (secondary N) is 2. The molecule has 2 heterocycles. The van der Waals surface area contributed by atoms with E-state index in [1.807, 2.05) is 18.2 Å². The minimum Gasteiger partial charge on any atom is -0.462 e. The number of nitrogens with zero attached hydrogens (tertiary/aromatic N) is 1. The van der Waals surface area contributed by atoms with Crippen LogP contribution in [0.4, 0.5) is 11.4 Å². The van der Waals surface area contributed by atoms with Gasteiger partial charge in [-0.05, 0) is 19.1 Å². The first-order chi connectivity index (χ1) is 11.6. The molecule has 0 atom stereocenters. The molecule has 1 amide bonds. The Morgan fingerprint density at radius 3 is 2.68 bits per heavy atom. The van der Waals surface area contributed by atoms with Gasteiger partial charge in [-0.1, -0.05) is 6.07 Å². The zero-order chi connectivity index (χ0) is 17.1. The van der Waals surface area contributed by atoms with E-state index in [4.69, 9.17) is 4.74 Å². The van der Waals surface area contributed by atoms with Gasteiger partial charge in [0.25, 0.3) is 0 Å². The summed E-state index contributed by atoms with van der Waals surface area (Å²) in [6.45, 7) is 7.15. The SMILES string of the molecule is CCOC(=O)c1sc2cccc(N3CCNCC3)c2c1NC(C)=O.Cl. The summed E-state index contributed by atoms with van der Waals surface area (Å²) in [5.41, 5.74) is 1.61. The van der Waals surface area contributed by atoms with Gasteiger partial charge in [0, 0.05) is 48.9 Å². The van der Waals surface area contributed by atoms with Crippen LogP contribution in [0.15, 0.2) is 18.2 Å². The van der Waals surface area contributed by atoms with Crippen molar-refractivity contribution in [3.8, 4) is 0 Å². The van der Waals surface area contributed by atoms with Gasteiger partial charge < -0.3 is 20.3 Å². The van der Waals surface area contributed by atoms with E-state index in [0.29, 0.717) is 17.2 Å². The number of esters is 1. The number of thiophene rings is 1. The van der Waals surface area contributed by atoms with Crippen LogP contribution in [0.1, 0.15) is 23.5 Å². The number of carbonyl (C=O) groups excluding carboxylic acids is 2. The van der Waals surface area contributed by atoms with Crippen LogP contribution in [0.3, 0.4) is 0 Å². The summed E-state index contributed by atoms with van der Waals surface area (Å²) in [6, 6.07) is 6.00. The standard InChI is InChI=1S/C17H21N3O3S.ClH/c1-3-23-17(22)16-15(19-11(2)21)14-12(5-4-6-13(14)24-16)20-9-7-18-8-10-20;/h4-6,18H,3,7-10H2,1-2H3,(H,19,21);1H. The Morgan fingerprint density at radius 2 is 2.04 bits per heavy atom. The molecule has 0 radical (unpaired) electrons. The average Bonchev–Trinajstić information content (AvgIpc) is 2.94. The minimum atomic E-state index is -0.395. The van der Waals surface area contributed by atoms with Gasteiger partial charge in [-0.3, -0.25) is 4.79 Å². The van der Waals surface area contributed by atoms with E-state index >= 15 is 0 Å². The van der Waals surface area contributed by atoms with E-state index in [1.165, 1.54) is 18.3 Å². The molecule has 1 aromatic carbocycles. The summed E-state index contributed by atoms with van der Waals surface area (Å²) in [5, 5.41) is 7.10. The summed E-state index contributed by atoms with van der Waals surface area (Å²) in [4.78, 5) is 26.7. The number of ether oxygens (including phenoxy) is 1. The lowest BCUT2D eigenvalue weighted by Gasteiger charge is -2.30. The molecule has 136 valence electrons. The molecule has 0 saturated carbocycles. The maximum absolute atomic E-state index is 12.3. The van der Waals surface area contributed by atoms with Crippen LogP contribution in [0.5, 0.6) is 0 Å². The monoisotopic (exact) mass is 383 g/mol. The third-order valence-electron chi connectivity index (χ3n) is 3.91. The van der Waals surface area contributed by atoms with Crippen molar-refractivity contribution in [1.82, 2.24) is 5.32 Å². The molecule has 0 aliphatic carbocycles. The van der Waals surface area contributed by atoms with Crippen LogP contribution in [-0.4, -0.2) is 44.7 Å². The van der Waals surface area contributed by atoms with Gasteiger partial charge in [0.15, 0.2) is 0 Å². The fraction of sp³-hybridized carbons (Fsp3) is 0.412. The van der Waals surface area contributed by atoms with Gasteiger partial charge in [0.2, 0.25) is 5.91 Å². The van der Waals surface area contributed by atoms with E-state index in [0.717, 1.165) is 42.0 Å². The Hall–Kier alpha value is -1.83. The molecular formula is C17H22ClN3O3S. The van der Waals surface area contributed by atoms with Crippen molar-refractivity contribution in [2.75, 3.05) is 43.0 Å². The maximum Gasteiger partial charge on any atom is 0.350 e. The Bertz CT molecular complexity index is 772. The molecule has 1 aliphatic heterocycles. The van der Waals surface area contributed by atoms with Crippen molar-refractivity contribution < 1.29 is 14.3 Å². The van der Waals surface area contributed by atoms with Gasteiger partial charge in [-0.15, -0.1) is 23.7 Å². The Balaban J connectivity index is 0.00000225. The molecule has 0 unspecified atom stereocenters. The van der Waals surface area contributed by atoms with E-state index in [2.05, 4.69) is 15.5 Å². The van der Waals surface area contributed by atoms with E-state index in [1.54, 1.807) is 6.92 Å². The third kappa shape index (κ3) is 4.05. The highest BCUT2D eigenvalue weighted by Crippen LogP contribution is 2.42. The first-order valence-corrected chi connectivity index (χ1v) is 8.89. The molecule has 1 aliphatic rings. The lowest BCUT2D eigenvalue weighted by Crippen LogP contribution is -2.43. The largest absolute Gasteiger partial charge is 0.462 e. The number of piperazine rings is 1. The summed E-state index contributed by atoms with van der Waals surface area (Å²) < 4.78 is 6.13. The zero-order valence-electron chi connectivity index (χ0n) is 14.3. The smallest absolute Gasteiger partial charge is 0.350 e. The van der Waals surface area contributed by atoms with Crippen LogP contribution < -0.4 is 15.5 Å². The zero-order valence-corrected chi connectivity index (χ0v) is 15.9. The maximum atomic E-state index is 12.3. The van der Waals surface area contributed by atoms with Crippen molar-refractivity contribution in [3.63, 3.8) is 0 Å². The molecule has 1 saturated heterocycles. The fourth-order valence-corrected chi connectivity index (χ4v) is 4.01. The van der Waals surface area contributed by atoms with Gasteiger partial charge in [0.05, 0.1) is 12.3 Å². The molecule has 3 rings (SSSR count). The number of fused-ring (bicyclic) bond motifs is 1. The number of amides is 1. The van der Waals surface area contributed by atoms with E-state index in [9.17, 15) is 9.59 Å². The lowest BCUT2D eigenvalue weighted by molar-refractivity contribution is -0.114. The highest BCUT2D eigenvalue weighted by atomic mass is 35.5. The van der Waals surface area contributed by atoms with Crippen molar-refractivity contribution in [2.45, 2.75) is 13.8 Å². The Morgan fingerprint density at radius 1 is 1.32 bits per heavy atom. The van der Waals surface area contributed by atoms with Crippen LogP contribution in [0.25, 0.3) is 10.1 Å². The van der Waals surface area contributed by atoms with Crippen molar-refractivity contribution in [2.24, 2.45) is 0 Å². The van der Waals surface area contributed by atoms with Crippen LogP contribution in [0.2, 0.25) is 0 Å². The number of hydrogen-bond donors (Lipinski definition) is 2. The quantitative estimate of drug-likeness (QED) is 0.794. The Labute approximate surface area is 156 Å². The molecule has 25 heavy (non-hydrogen) atoms. The van der Waals surface area contributed by atoms with Crippen LogP contribution in [-0.2, 0) is 9.53 Å². The molecule has 2 N–H and O–H groups in total. The third-order valence-corrected chi connectivity index (χ3v) is 5.05. The first kappa shape index (κ1) is 19.5. The van der Waals surface area contributed by atoms with E-state index in [-0.39, 0.29) is 18.3 Å². The summed E-state index contributed by atoms with van der Waals surface area (Å²) in [7, 11) is 0. The number of carbonyl (C=O) groups is 2. The number of halogens is 1. The minimum absolute atomic E-state index is 0. The number of anilines is 2. The second-order valence-electron chi connectivity index (χ2n) is 5.60. The van der Waals surface area contributed by atoms with Crippen LogP contribution in [0, 0.1) is 0 Å². The van der Waals surface area contributed by atoms with Gasteiger partial charge >= 0.3 is 5.97 Å². The van der Waals surface area contributed by atoms with Crippen molar-refractivity contribution >= 4 is 57.1 Å². The highest BCUT2D eigenvalue weighted by molar-refractivity contribution is 7.21. The predicted molar refractivity (Wildman–Crippen MR) is 104 cm³/mol. The summed E-state index contributed by atoms with van der Waals surface area (Å²) in [6.07, 6.45) is 0. The molecule has 0 spiro atoms. The topological polar surface area (TPSA) is 70.7 Å². The molecule has 2 aromatic rings. The lowest BCUT2D eigenvalue weighted by atomic mass is 10.1. The summed E-state index contributed by atoms with van der Waals surface area (Å²) in [5.74, 6) is -0.593. The fourth-order valence-electron chi connectivity index (χ4n) is 2.94. The molecule has 6 nitrogen and oxygen atoms in total. The van der Waals surface area contributed by atoms with Crippen molar-refractivity contribution in [1.29, 1.82) is 0 Å². The second kappa shape index (κ2) is 8.51. The number of hydrogen-bond acceptors (Lipinski definition) is 6. The van der Waals surface area contributed by atoms with Gasteiger partial charge in [-0.2, -0.15) is 0 Å². The highest BCUT2D eigenvalue weighted by Gasteiger charge is 2.24. The molecular weight excluding hydrogens is 362 g/mol. The molecule has 1 aromatic heterocycles. The molecule has 8 heteroatoms. The number of benzene rings is 1. The molecule has 0 bridgehead atoms. The summed E-state index contributed by atoms with van der Waals surface area (Å²) >= 11 is 1.36. The van der Waals surface area contributed by atoms with Gasteiger partial charge in [-0.25, -0.2) is 4.79 Å². The Kier molecular flexibility index (Phi) is 6.64. The normalized spacial score (nSPS) is 14.1. The average molecular weight is 384 g/mol. The first-order valence-electron chi connectivity index (χ1n) is 8.07. The van der Waals surface area contributed by atoms with Gasteiger partial charge in [0.1, 0.15) is 4.88 Å². The van der Waals surface area contributed by atoms with E-state index < -0.39 is 5.97 Å².